The van der Waals surface area contributed by atoms with Gasteiger partial charge in [-0.1, -0.05) is 43.8 Å². The molecule has 0 aliphatic heterocycles. The van der Waals surface area contributed by atoms with Crippen molar-refractivity contribution < 1.29 is 13.2 Å². The molecule has 0 aliphatic carbocycles. The summed E-state index contributed by atoms with van der Waals surface area (Å²) in [5.74, 6) is 0.139. The van der Waals surface area contributed by atoms with Crippen LogP contribution in [-0.2, 0) is 14.8 Å². The van der Waals surface area contributed by atoms with Gasteiger partial charge in [0.15, 0.2) is 0 Å². The van der Waals surface area contributed by atoms with Crippen LogP contribution in [0.15, 0.2) is 58.5 Å². The van der Waals surface area contributed by atoms with Crippen LogP contribution in [0.3, 0.4) is 0 Å². The number of para-hydroxylation sites is 1. The fraction of sp³-hybridized carbons (Fsp3) is 0.304. The molecule has 1 aromatic heterocycles. The van der Waals surface area contributed by atoms with Gasteiger partial charge in [0, 0.05) is 24.2 Å². The van der Waals surface area contributed by atoms with E-state index in [9.17, 15) is 13.2 Å². The molecule has 2 aromatic carbocycles. The van der Waals surface area contributed by atoms with Crippen LogP contribution in [0.25, 0.3) is 10.9 Å². The van der Waals surface area contributed by atoms with Crippen molar-refractivity contribution in [1.29, 1.82) is 0 Å². The SMILES string of the molecule is CCN(CC)S(=O)(=O)c1ccc2nc(SCC(=O)Nc3ccccc3C)cc(C)c2c1. The Balaban J connectivity index is 1.78. The smallest absolute Gasteiger partial charge is 0.243 e. The van der Waals surface area contributed by atoms with Gasteiger partial charge in [0.2, 0.25) is 15.9 Å². The molecule has 0 unspecified atom stereocenters. The maximum absolute atomic E-state index is 12.8. The van der Waals surface area contributed by atoms with Crippen molar-refractivity contribution in [1.82, 2.24) is 9.29 Å². The summed E-state index contributed by atoms with van der Waals surface area (Å²) in [6, 6.07) is 14.6. The molecule has 3 rings (SSSR count). The van der Waals surface area contributed by atoms with Crippen molar-refractivity contribution in [3.8, 4) is 0 Å². The Kier molecular flexibility index (Phi) is 7.35. The molecule has 164 valence electrons. The minimum atomic E-state index is -3.53. The molecule has 1 heterocycles. The van der Waals surface area contributed by atoms with Gasteiger partial charge in [-0.2, -0.15) is 4.31 Å². The average Bonchev–Trinajstić information content (AvgIpc) is 2.74. The highest BCUT2D eigenvalue weighted by molar-refractivity contribution is 7.99. The molecular formula is C23H27N3O3S2. The van der Waals surface area contributed by atoms with Crippen LogP contribution in [0.5, 0.6) is 0 Å². The topological polar surface area (TPSA) is 79.4 Å². The van der Waals surface area contributed by atoms with E-state index in [4.69, 9.17) is 0 Å². The molecule has 1 amide bonds. The number of amides is 1. The molecule has 0 saturated heterocycles. The lowest BCUT2D eigenvalue weighted by Crippen LogP contribution is -2.30. The van der Waals surface area contributed by atoms with Crippen LogP contribution in [0.1, 0.15) is 25.0 Å². The van der Waals surface area contributed by atoms with Gasteiger partial charge >= 0.3 is 0 Å². The van der Waals surface area contributed by atoms with Crippen LogP contribution < -0.4 is 5.32 Å². The summed E-state index contributed by atoms with van der Waals surface area (Å²) in [5.41, 5.74) is 3.44. The summed E-state index contributed by atoms with van der Waals surface area (Å²) in [6.07, 6.45) is 0. The van der Waals surface area contributed by atoms with E-state index in [0.29, 0.717) is 18.6 Å². The largest absolute Gasteiger partial charge is 0.325 e. The van der Waals surface area contributed by atoms with Crippen molar-refractivity contribution in [2.45, 2.75) is 37.6 Å². The number of pyridine rings is 1. The molecule has 0 bridgehead atoms. The quantitative estimate of drug-likeness (QED) is 0.500. The fourth-order valence-corrected chi connectivity index (χ4v) is 5.59. The number of anilines is 1. The molecule has 0 saturated carbocycles. The number of hydrogen-bond donors (Lipinski definition) is 1. The Bertz CT molecular complexity index is 1210. The Labute approximate surface area is 188 Å². The zero-order valence-corrected chi connectivity index (χ0v) is 19.8. The molecule has 31 heavy (non-hydrogen) atoms. The van der Waals surface area contributed by atoms with Gasteiger partial charge < -0.3 is 5.32 Å². The number of sulfonamides is 1. The highest BCUT2D eigenvalue weighted by Gasteiger charge is 2.22. The molecular weight excluding hydrogens is 430 g/mol. The minimum Gasteiger partial charge on any atom is -0.325 e. The van der Waals surface area contributed by atoms with Gasteiger partial charge in [0.05, 0.1) is 21.2 Å². The number of rotatable bonds is 8. The number of nitrogens with one attached hydrogen (secondary N) is 1. The van der Waals surface area contributed by atoms with Gasteiger partial charge in [-0.3, -0.25) is 4.79 Å². The molecule has 8 heteroatoms. The predicted octanol–water partition coefficient (Wildman–Crippen LogP) is 4.61. The lowest BCUT2D eigenvalue weighted by atomic mass is 10.1. The fourth-order valence-electron chi connectivity index (χ4n) is 3.33. The Morgan fingerprint density at radius 2 is 1.74 bits per heavy atom. The van der Waals surface area contributed by atoms with Crippen molar-refractivity contribution in [2.24, 2.45) is 0 Å². The summed E-state index contributed by atoms with van der Waals surface area (Å²) in [5, 5.41) is 4.44. The average molecular weight is 458 g/mol. The molecule has 1 N–H and O–H groups in total. The first kappa shape index (κ1) is 23.2. The predicted molar refractivity (Wildman–Crippen MR) is 127 cm³/mol. The lowest BCUT2D eigenvalue weighted by Gasteiger charge is -2.19. The Morgan fingerprint density at radius 1 is 1.03 bits per heavy atom. The number of carbonyl (C=O) groups is 1. The first-order valence-corrected chi connectivity index (χ1v) is 12.6. The van der Waals surface area contributed by atoms with Gasteiger partial charge in [-0.15, -0.1) is 0 Å². The van der Waals surface area contributed by atoms with Crippen LogP contribution in [0.2, 0.25) is 0 Å². The number of benzene rings is 2. The number of thioether (sulfide) groups is 1. The highest BCUT2D eigenvalue weighted by Crippen LogP contribution is 2.27. The van der Waals surface area contributed by atoms with Crippen molar-refractivity contribution in [2.75, 3.05) is 24.2 Å². The van der Waals surface area contributed by atoms with Crippen LogP contribution in [0, 0.1) is 13.8 Å². The third kappa shape index (κ3) is 5.26. The summed E-state index contributed by atoms with van der Waals surface area (Å²) < 4.78 is 27.1. The first-order chi connectivity index (χ1) is 14.8. The third-order valence-electron chi connectivity index (χ3n) is 5.08. The van der Waals surface area contributed by atoms with Crippen LogP contribution >= 0.6 is 11.8 Å². The van der Waals surface area contributed by atoms with E-state index in [2.05, 4.69) is 10.3 Å². The normalized spacial score (nSPS) is 11.8. The van der Waals surface area contributed by atoms with E-state index in [1.54, 1.807) is 18.2 Å². The number of aryl methyl sites for hydroxylation is 2. The monoisotopic (exact) mass is 457 g/mol. The second-order valence-corrected chi connectivity index (χ2v) is 10.1. The molecule has 3 aromatic rings. The third-order valence-corrected chi connectivity index (χ3v) is 8.03. The second-order valence-electron chi connectivity index (χ2n) is 7.20. The van der Waals surface area contributed by atoms with Gasteiger partial charge in [0.1, 0.15) is 0 Å². The molecule has 0 spiro atoms. The standard InChI is InChI=1S/C23H27N3O3S2/c1-5-26(6-2)31(28,29)18-11-12-21-19(14-18)17(4)13-23(25-21)30-15-22(27)24-20-10-8-7-9-16(20)3/h7-14H,5-6,15H2,1-4H3,(H,24,27). The van der Waals surface area contributed by atoms with E-state index >= 15 is 0 Å². The summed E-state index contributed by atoms with van der Waals surface area (Å²) in [4.78, 5) is 17.2. The van der Waals surface area contributed by atoms with Crippen LogP contribution in [0.4, 0.5) is 5.69 Å². The van der Waals surface area contributed by atoms with Gasteiger partial charge in [0.25, 0.3) is 0 Å². The van der Waals surface area contributed by atoms with Gasteiger partial charge in [-0.05, 0) is 55.3 Å². The molecule has 0 fully saturated rings. The highest BCUT2D eigenvalue weighted by atomic mass is 32.2. The zero-order valence-electron chi connectivity index (χ0n) is 18.2. The number of nitrogens with zero attached hydrogens (tertiary/aromatic N) is 2. The Morgan fingerprint density at radius 3 is 2.42 bits per heavy atom. The number of aromatic nitrogens is 1. The number of fused-ring (bicyclic) bond motifs is 1. The van der Waals surface area contributed by atoms with E-state index in [1.165, 1.54) is 16.1 Å². The molecule has 0 radical (unpaired) electrons. The van der Waals surface area contributed by atoms with Crippen molar-refractivity contribution >= 4 is 44.3 Å². The molecule has 6 nitrogen and oxygen atoms in total. The van der Waals surface area contributed by atoms with Gasteiger partial charge in [-0.25, -0.2) is 13.4 Å². The van der Waals surface area contributed by atoms with Crippen molar-refractivity contribution in [3.05, 3.63) is 59.7 Å². The van der Waals surface area contributed by atoms with Crippen molar-refractivity contribution in [3.63, 3.8) is 0 Å². The first-order valence-electron chi connectivity index (χ1n) is 10.2. The number of carbonyl (C=O) groups excluding carboxylic acids is 1. The maximum atomic E-state index is 12.8. The van der Waals surface area contributed by atoms with E-state index < -0.39 is 10.0 Å². The molecule has 0 atom stereocenters. The summed E-state index contributed by atoms with van der Waals surface area (Å²) in [7, 11) is -3.53. The lowest BCUT2D eigenvalue weighted by molar-refractivity contribution is -0.113. The zero-order chi connectivity index (χ0) is 22.6. The minimum absolute atomic E-state index is 0.0977. The second kappa shape index (κ2) is 9.80. The summed E-state index contributed by atoms with van der Waals surface area (Å²) in [6.45, 7) is 8.38. The number of hydrogen-bond acceptors (Lipinski definition) is 5. The van der Waals surface area contributed by atoms with E-state index in [1.807, 2.05) is 58.0 Å². The van der Waals surface area contributed by atoms with Crippen LogP contribution in [-0.4, -0.2) is 42.5 Å². The summed E-state index contributed by atoms with van der Waals surface area (Å²) >= 11 is 1.35. The Hall–Kier alpha value is -2.42. The maximum Gasteiger partial charge on any atom is 0.243 e. The molecule has 0 aliphatic rings. The van der Waals surface area contributed by atoms with E-state index in [0.717, 1.165) is 27.2 Å². The van der Waals surface area contributed by atoms with E-state index in [-0.39, 0.29) is 16.6 Å².